The molecular weight excluding hydrogens is 364 g/mol. The van der Waals surface area contributed by atoms with Crippen LogP contribution in [0, 0.1) is 17.2 Å². The van der Waals surface area contributed by atoms with Crippen molar-refractivity contribution in [1.82, 2.24) is 10.2 Å². The molecule has 28 heavy (non-hydrogen) atoms. The number of carbonyl (C=O) groups excluding carboxylic acids is 4. The molecule has 4 amide bonds. The van der Waals surface area contributed by atoms with Gasteiger partial charge in [-0.25, -0.2) is 4.79 Å². The topological polar surface area (TPSA) is 129 Å². The average molecular weight is 384 g/mol. The zero-order valence-corrected chi connectivity index (χ0v) is 15.5. The predicted octanol–water partition coefficient (Wildman–Crippen LogP) is 1.15. The number of hydrogen-bond donors (Lipinski definition) is 2. The van der Waals surface area contributed by atoms with Gasteiger partial charge < -0.3 is 15.4 Å². The third-order valence-electron chi connectivity index (χ3n) is 4.97. The summed E-state index contributed by atoms with van der Waals surface area (Å²) in [5, 5.41) is 14.2. The third-order valence-corrected chi connectivity index (χ3v) is 4.97. The number of nitrogens with one attached hydrogen (secondary N) is 2. The summed E-state index contributed by atoms with van der Waals surface area (Å²) in [4.78, 5) is 49.8. The molecule has 0 radical (unpaired) electrons. The van der Waals surface area contributed by atoms with Crippen LogP contribution in [0.15, 0.2) is 24.3 Å². The van der Waals surface area contributed by atoms with Gasteiger partial charge in [0.05, 0.1) is 11.3 Å². The lowest BCUT2D eigenvalue weighted by molar-refractivity contribution is -0.155. The Bertz CT molecular complexity index is 889. The minimum absolute atomic E-state index is 0.0786. The second kappa shape index (κ2) is 7.31. The Morgan fingerprint density at radius 1 is 1.39 bits per heavy atom. The molecule has 0 bridgehead atoms. The van der Waals surface area contributed by atoms with Crippen molar-refractivity contribution in [2.24, 2.45) is 5.92 Å². The molecule has 0 aromatic heterocycles. The van der Waals surface area contributed by atoms with Gasteiger partial charge in [0.1, 0.15) is 18.2 Å². The summed E-state index contributed by atoms with van der Waals surface area (Å²) in [5.74, 6) is -1.89. The van der Waals surface area contributed by atoms with Crippen molar-refractivity contribution in [3.8, 4) is 6.07 Å². The average Bonchev–Trinajstić information content (AvgIpc) is 3.48. The van der Waals surface area contributed by atoms with E-state index in [0.717, 1.165) is 17.7 Å². The third kappa shape index (κ3) is 3.67. The minimum Gasteiger partial charge on any atom is -0.451 e. The number of amides is 4. The van der Waals surface area contributed by atoms with Crippen molar-refractivity contribution in [3.63, 3.8) is 0 Å². The highest BCUT2D eigenvalue weighted by Crippen LogP contribution is 2.42. The van der Waals surface area contributed by atoms with Gasteiger partial charge in [0, 0.05) is 0 Å². The summed E-state index contributed by atoms with van der Waals surface area (Å²) in [6.45, 7) is 2.45. The van der Waals surface area contributed by atoms with E-state index in [1.807, 2.05) is 6.07 Å². The summed E-state index contributed by atoms with van der Waals surface area (Å²) in [6, 6.07) is 7.71. The maximum absolute atomic E-state index is 12.5. The highest BCUT2D eigenvalue weighted by Gasteiger charge is 2.56. The molecule has 1 heterocycles. The van der Waals surface area contributed by atoms with E-state index in [1.54, 1.807) is 31.2 Å². The highest BCUT2D eigenvalue weighted by molar-refractivity contribution is 6.09. The SMILES string of the molecule is C[C@H](OC(=O)CN1C(=O)N[C@@](C)(C2CC2)C1=O)C(=O)Nc1ccccc1C#N. The summed E-state index contributed by atoms with van der Waals surface area (Å²) in [5.41, 5.74) is -0.415. The molecule has 1 aromatic carbocycles. The molecule has 0 unspecified atom stereocenters. The van der Waals surface area contributed by atoms with E-state index >= 15 is 0 Å². The van der Waals surface area contributed by atoms with Crippen LogP contribution in [-0.4, -0.2) is 46.9 Å². The Morgan fingerprint density at radius 2 is 2.07 bits per heavy atom. The van der Waals surface area contributed by atoms with Crippen LogP contribution >= 0.6 is 0 Å². The number of ether oxygens (including phenoxy) is 1. The summed E-state index contributed by atoms with van der Waals surface area (Å²) >= 11 is 0. The van der Waals surface area contributed by atoms with Crippen molar-refractivity contribution in [1.29, 1.82) is 5.26 Å². The van der Waals surface area contributed by atoms with E-state index in [1.165, 1.54) is 6.92 Å². The molecule has 9 heteroatoms. The zero-order chi connectivity index (χ0) is 20.5. The van der Waals surface area contributed by atoms with E-state index in [9.17, 15) is 19.2 Å². The lowest BCUT2D eigenvalue weighted by Crippen LogP contribution is -2.46. The number of benzene rings is 1. The zero-order valence-electron chi connectivity index (χ0n) is 15.5. The predicted molar refractivity (Wildman–Crippen MR) is 96.7 cm³/mol. The fourth-order valence-corrected chi connectivity index (χ4v) is 3.14. The first-order chi connectivity index (χ1) is 13.3. The number of para-hydroxylation sites is 1. The van der Waals surface area contributed by atoms with Crippen molar-refractivity contribution < 1.29 is 23.9 Å². The second-order valence-electron chi connectivity index (χ2n) is 7.08. The Labute approximate surface area is 161 Å². The van der Waals surface area contributed by atoms with Gasteiger partial charge in [-0.2, -0.15) is 5.26 Å². The smallest absolute Gasteiger partial charge is 0.327 e. The molecule has 1 aromatic rings. The van der Waals surface area contributed by atoms with Crippen molar-refractivity contribution in [3.05, 3.63) is 29.8 Å². The lowest BCUT2D eigenvalue weighted by atomic mass is 9.96. The molecule has 2 aliphatic rings. The second-order valence-corrected chi connectivity index (χ2v) is 7.08. The van der Waals surface area contributed by atoms with Crippen molar-refractivity contribution in [2.45, 2.75) is 38.3 Å². The van der Waals surface area contributed by atoms with E-state index < -0.39 is 42.0 Å². The maximum atomic E-state index is 12.5. The van der Waals surface area contributed by atoms with Gasteiger partial charge in [0.25, 0.3) is 11.8 Å². The van der Waals surface area contributed by atoms with E-state index in [0.29, 0.717) is 5.69 Å². The molecule has 9 nitrogen and oxygen atoms in total. The monoisotopic (exact) mass is 384 g/mol. The van der Waals surface area contributed by atoms with Crippen LogP contribution in [-0.2, 0) is 19.1 Å². The molecule has 2 fully saturated rings. The Balaban J connectivity index is 1.57. The number of urea groups is 1. The summed E-state index contributed by atoms with van der Waals surface area (Å²) in [6.07, 6.45) is 0.527. The quantitative estimate of drug-likeness (QED) is 0.559. The Hall–Kier alpha value is -3.41. The molecule has 3 rings (SSSR count). The largest absolute Gasteiger partial charge is 0.451 e. The molecule has 2 atom stereocenters. The summed E-state index contributed by atoms with van der Waals surface area (Å²) < 4.78 is 5.05. The number of hydrogen-bond acceptors (Lipinski definition) is 6. The van der Waals surface area contributed by atoms with Crippen LogP contribution in [0.3, 0.4) is 0 Å². The normalized spacial score (nSPS) is 22.2. The molecule has 146 valence electrons. The molecule has 2 N–H and O–H groups in total. The number of rotatable bonds is 6. The fraction of sp³-hybridized carbons (Fsp3) is 0.421. The van der Waals surface area contributed by atoms with Gasteiger partial charge >= 0.3 is 12.0 Å². The number of carbonyl (C=O) groups is 4. The van der Waals surface area contributed by atoms with E-state index in [-0.39, 0.29) is 11.5 Å². The van der Waals surface area contributed by atoms with Gasteiger partial charge in [-0.15, -0.1) is 0 Å². The molecule has 1 aliphatic heterocycles. The fourth-order valence-electron chi connectivity index (χ4n) is 3.14. The number of esters is 1. The molecule has 1 saturated carbocycles. The Morgan fingerprint density at radius 3 is 2.71 bits per heavy atom. The van der Waals surface area contributed by atoms with Crippen LogP contribution in [0.1, 0.15) is 32.3 Å². The lowest BCUT2D eigenvalue weighted by Gasteiger charge is -2.21. The van der Waals surface area contributed by atoms with Gasteiger partial charge in [-0.05, 0) is 44.7 Å². The van der Waals surface area contributed by atoms with Crippen LogP contribution < -0.4 is 10.6 Å². The van der Waals surface area contributed by atoms with Gasteiger partial charge in [0.2, 0.25) is 0 Å². The number of nitrogens with zero attached hydrogens (tertiary/aromatic N) is 2. The van der Waals surface area contributed by atoms with Crippen molar-refractivity contribution >= 4 is 29.5 Å². The first kappa shape index (κ1) is 19.4. The van der Waals surface area contributed by atoms with Crippen LogP contribution in [0.5, 0.6) is 0 Å². The number of anilines is 1. The van der Waals surface area contributed by atoms with E-state index in [2.05, 4.69) is 10.6 Å². The number of nitriles is 1. The molecule has 1 saturated heterocycles. The summed E-state index contributed by atoms with van der Waals surface area (Å²) in [7, 11) is 0. The van der Waals surface area contributed by atoms with Crippen LogP contribution in [0.4, 0.5) is 10.5 Å². The first-order valence-electron chi connectivity index (χ1n) is 8.90. The highest BCUT2D eigenvalue weighted by atomic mass is 16.5. The number of imide groups is 1. The maximum Gasteiger partial charge on any atom is 0.327 e. The standard InChI is InChI=1S/C19H20N4O5/c1-11(16(25)21-14-6-4-3-5-12(14)9-20)28-15(24)10-23-17(26)19(2,13-7-8-13)22-18(23)27/h3-6,11,13H,7-8,10H2,1-2H3,(H,21,25)(H,22,27)/t11-,19-/m0/s1. The van der Waals surface area contributed by atoms with E-state index in [4.69, 9.17) is 10.00 Å². The van der Waals surface area contributed by atoms with Gasteiger partial charge in [0.15, 0.2) is 6.10 Å². The van der Waals surface area contributed by atoms with Crippen LogP contribution in [0.2, 0.25) is 0 Å². The van der Waals surface area contributed by atoms with Crippen LogP contribution in [0.25, 0.3) is 0 Å². The molecule has 1 aliphatic carbocycles. The minimum atomic E-state index is -1.17. The van der Waals surface area contributed by atoms with Crippen molar-refractivity contribution in [2.75, 3.05) is 11.9 Å². The van der Waals surface area contributed by atoms with Gasteiger partial charge in [-0.3, -0.25) is 19.3 Å². The Kier molecular flexibility index (Phi) is 5.05. The molecule has 0 spiro atoms. The van der Waals surface area contributed by atoms with Gasteiger partial charge in [-0.1, -0.05) is 12.1 Å². The first-order valence-corrected chi connectivity index (χ1v) is 8.90. The molecular formula is C19H20N4O5.